The summed E-state index contributed by atoms with van der Waals surface area (Å²) in [6, 6.07) is 0. The fourth-order valence-electron chi connectivity index (χ4n) is 1.55. The summed E-state index contributed by atoms with van der Waals surface area (Å²) >= 11 is 0. The first kappa shape index (κ1) is 18.7. The molecular formula is C14H25N3O5. The molecule has 1 aromatic heterocycles. The summed E-state index contributed by atoms with van der Waals surface area (Å²) in [5.74, 6) is 0.0126. The molecule has 0 aromatic carbocycles. The van der Waals surface area contributed by atoms with Crippen molar-refractivity contribution in [2.24, 2.45) is 0 Å². The number of carbonyl (C=O) groups is 1. The second-order valence-corrected chi connectivity index (χ2v) is 4.59. The van der Waals surface area contributed by atoms with Crippen molar-refractivity contribution < 1.29 is 23.7 Å². The largest absolute Gasteiger partial charge is 0.379 e. The molecule has 0 radical (unpaired) electrons. The van der Waals surface area contributed by atoms with Crippen molar-refractivity contribution in [3.63, 3.8) is 0 Å². The maximum Gasteiger partial charge on any atom is 0.155 e. The summed E-state index contributed by atoms with van der Waals surface area (Å²) in [6.07, 6.45) is 1.83. The van der Waals surface area contributed by atoms with Crippen molar-refractivity contribution >= 4 is 5.78 Å². The maximum atomic E-state index is 10.6. The number of hydrogen-bond acceptors (Lipinski definition) is 7. The van der Waals surface area contributed by atoms with Crippen LogP contribution in [0.5, 0.6) is 0 Å². The Kier molecular flexibility index (Phi) is 10.4. The topological polar surface area (TPSA) is 84.7 Å². The van der Waals surface area contributed by atoms with Gasteiger partial charge in [0, 0.05) is 6.61 Å². The van der Waals surface area contributed by atoms with Gasteiger partial charge in [-0.15, -0.1) is 5.10 Å². The molecule has 0 bridgehead atoms. The van der Waals surface area contributed by atoms with Crippen LogP contribution in [-0.2, 0) is 36.9 Å². The van der Waals surface area contributed by atoms with E-state index >= 15 is 0 Å². The van der Waals surface area contributed by atoms with Gasteiger partial charge >= 0.3 is 0 Å². The number of nitrogens with zero attached hydrogens (tertiary/aromatic N) is 3. The highest BCUT2D eigenvalue weighted by Gasteiger charge is 2.01. The highest BCUT2D eigenvalue weighted by Crippen LogP contribution is 1.96. The Bertz CT molecular complexity index is 411. The molecule has 0 unspecified atom stereocenters. The Morgan fingerprint density at radius 2 is 1.82 bits per heavy atom. The van der Waals surface area contributed by atoms with E-state index in [1.54, 1.807) is 4.68 Å². The van der Waals surface area contributed by atoms with E-state index < -0.39 is 0 Å². The molecule has 1 aromatic rings. The van der Waals surface area contributed by atoms with E-state index in [1.165, 1.54) is 6.92 Å². The van der Waals surface area contributed by atoms with Crippen LogP contribution in [0.4, 0.5) is 0 Å². The summed E-state index contributed by atoms with van der Waals surface area (Å²) in [4.78, 5) is 10.6. The van der Waals surface area contributed by atoms with Crippen molar-refractivity contribution in [1.82, 2.24) is 15.0 Å². The van der Waals surface area contributed by atoms with E-state index in [9.17, 15) is 4.79 Å². The minimum atomic E-state index is 0.0126. The van der Waals surface area contributed by atoms with Crippen LogP contribution >= 0.6 is 0 Å². The zero-order valence-electron chi connectivity index (χ0n) is 13.3. The van der Waals surface area contributed by atoms with E-state index in [4.69, 9.17) is 18.9 Å². The third-order valence-corrected chi connectivity index (χ3v) is 2.55. The standard InChI is InChI=1S/C14H25N3O5/c1-3-19-6-8-22-12-14-10-17(16-15-14)4-5-20-7-9-21-11-13(2)18/h10H,3-9,11-12H2,1-2H3. The van der Waals surface area contributed by atoms with Crippen LogP contribution in [0, 0.1) is 0 Å². The summed E-state index contributed by atoms with van der Waals surface area (Å²) in [5.41, 5.74) is 0.779. The zero-order valence-corrected chi connectivity index (χ0v) is 13.3. The molecule has 0 saturated heterocycles. The van der Waals surface area contributed by atoms with Gasteiger partial charge in [-0.2, -0.15) is 0 Å². The molecule has 0 fully saturated rings. The van der Waals surface area contributed by atoms with Gasteiger partial charge in [-0.3, -0.25) is 4.79 Å². The smallest absolute Gasteiger partial charge is 0.155 e. The van der Waals surface area contributed by atoms with Gasteiger partial charge in [0.05, 0.1) is 52.4 Å². The molecule has 1 rings (SSSR count). The van der Waals surface area contributed by atoms with Gasteiger partial charge in [0.15, 0.2) is 5.78 Å². The molecule has 0 aliphatic carbocycles. The Morgan fingerprint density at radius 3 is 2.59 bits per heavy atom. The quantitative estimate of drug-likeness (QED) is 0.461. The lowest BCUT2D eigenvalue weighted by atomic mass is 10.5. The normalized spacial score (nSPS) is 11.0. The Balaban J connectivity index is 2.01. The van der Waals surface area contributed by atoms with Gasteiger partial charge in [-0.1, -0.05) is 5.21 Å². The molecule has 22 heavy (non-hydrogen) atoms. The number of ether oxygens (including phenoxy) is 4. The summed E-state index contributed by atoms with van der Waals surface area (Å²) in [6.45, 7) is 7.81. The molecule has 0 N–H and O–H groups in total. The minimum absolute atomic E-state index is 0.0126. The van der Waals surface area contributed by atoms with Gasteiger partial charge < -0.3 is 18.9 Å². The van der Waals surface area contributed by atoms with Crippen LogP contribution in [0.15, 0.2) is 6.20 Å². The Labute approximate surface area is 130 Å². The molecule has 8 nitrogen and oxygen atoms in total. The van der Waals surface area contributed by atoms with Crippen molar-refractivity contribution in [3.8, 4) is 0 Å². The van der Waals surface area contributed by atoms with Crippen molar-refractivity contribution in [2.45, 2.75) is 27.0 Å². The number of hydrogen-bond donors (Lipinski definition) is 0. The van der Waals surface area contributed by atoms with E-state index in [0.29, 0.717) is 52.8 Å². The molecule has 126 valence electrons. The van der Waals surface area contributed by atoms with E-state index in [0.717, 1.165) is 5.69 Å². The predicted molar refractivity (Wildman–Crippen MR) is 78.5 cm³/mol. The summed E-state index contributed by atoms with van der Waals surface area (Å²) in [5, 5.41) is 8.00. The minimum Gasteiger partial charge on any atom is -0.379 e. The third-order valence-electron chi connectivity index (χ3n) is 2.55. The molecule has 1 heterocycles. The average Bonchev–Trinajstić information content (AvgIpc) is 2.93. The monoisotopic (exact) mass is 315 g/mol. The molecule has 0 atom stereocenters. The summed E-state index contributed by atoms with van der Waals surface area (Å²) < 4.78 is 22.8. The van der Waals surface area contributed by atoms with Crippen LogP contribution in [0.2, 0.25) is 0 Å². The third kappa shape index (κ3) is 9.56. The molecule has 0 aliphatic rings. The molecule has 0 spiro atoms. The van der Waals surface area contributed by atoms with Gasteiger partial charge in [0.25, 0.3) is 0 Å². The van der Waals surface area contributed by atoms with Crippen LogP contribution in [0.25, 0.3) is 0 Å². The first-order chi connectivity index (χ1) is 10.7. The van der Waals surface area contributed by atoms with Gasteiger partial charge in [-0.25, -0.2) is 4.68 Å². The highest BCUT2D eigenvalue weighted by atomic mass is 16.5. The number of carbonyl (C=O) groups excluding carboxylic acids is 1. The Morgan fingerprint density at radius 1 is 1.09 bits per heavy atom. The fourth-order valence-corrected chi connectivity index (χ4v) is 1.55. The lowest BCUT2D eigenvalue weighted by Crippen LogP contribution is -2.12. The van der Waals surface area contributed by atoms with Gasteiger partial charge in [-0.05, 0) is 13.8 Å². The van der Waals surface area contributed by atoms with E-state index in [2.05, 4.69) is 10.3 Å². The lowest BCUT2D eigenvalue weighted by Gasteiger charge is -2.04. The summed E-state index contributed by atoms with van der Waals surface area (Å²) in [7, 11) is 0. The predicted octanol–water partition coefficient (Wildman–Crippen LogP) is 0.453. The molecular weight excluding hydrogens is 290 g/mol. The van der Waals surface area contributed by atoms with E-state index in [1.807, 2.05) is 13.1 Å². The first-order valence-corrected chi connectivity index (χ1v) is 7.41. The first-order valence-electron chi connectivity index (χ1n) is 7.41. The number of ketones is 1. The molecule has 0 amide bonds. The number of Topliss-reactive ketones (excluding diaryl/α,β-unsaturated/α-hetero) is 1. The Hall–Kier alpha value is -1.35. The number of rotatable bonds is 14. The molecule has 0 aliphatic heterocycles. The second-order valence-electron chi connectivity index (χ2n) is 4.59. The molecule has 0 saturated carbocycles. The van der Waals surface area contributed by atoms with Gasteiger partial charge in [0.1, 0.15) is 12.3 Å². The lowest BCUT2D eigenvalue weighted by molar-refractivity contribution is -0.121. The maximum absolute atomic E-state index is 10.6. The zero-order chi connectivity index (χ0) is 16.0. The highest BCUT2D eigenvalue weighted by molar-refractivity contribution is 5.76. The van der Waals surface area contributed by atoms with Crippen LogP contribution < -0.4 is 0 Å². The van der Waals surface area contributed by atoms with Crippen molar-refractivity contribution in [2.75, 3.05) is 46.2 Å². The second kappa shape index (κ2) is 12.2. The van der Waals surface area contributed by atoms with Gasteiger partial charge in [0.2, 0.25) is 0 Å². The average molecular weight is 315 g/mol. The fraction of sp³-hybridized carbons (Fsp3) is 0.786. The van der Waals surface area contributed by atoms with Crippen LogP contribution in [0.1, 0.15) is 19.5 Å². The van der Waals surface area contributed by atoms with E-state index in [-0.39, 0.29) is 12.4 Å². The molecule has 8 heteroatoms. The van der Waals surface area contributed by atoms with Crippen LogP contribution in [-0.4, -0.2) is 67.0 Å². The van der Waals surface area contributed by atoms with Crippen molar-refractivity contribution in [1.29, 1.82) is 0 Å². The SMILES string of the molecule is CCOCCOCc1cn(CCOCCOCC(C)=O)nn1. The van der Waals surface area contributed by atoms with Crippen LogP contribution in [0.3, 0.4) is 0 Å². The van der Waals surface area contributed by atoms with Crippen molar-refractivity contribution in [3.05, 3.63) is 11.9 Å². The number of aromatic nitrogens is 3.